The number of hydrogen-bond acceptors (Lipinski definition) is 6. The fourth-order valence-electron chi connectivity index (χ4n) is 3.75. The van der Waals surface area contributed by atoms with Crippen LogP contribution in [0, 0.1) is 5.82 Å². The first-order valence-corrected chi connectivity index (χ1v) is 10.3. The molecule has 3 aromatic heterocycles. The molecule has 0 radical (unpaired) electrons. The molecular formula is C22H18F5N5O3. The van der Waals surface area contributed by atoms with Crippen LogP contribution in [-0.2, 0) is 12.7 Å². The van der Waals surface area contributed by atoms with Crippen LogP contribution in [0.4, 0.5) is 27.6 Å². The van der Waals surface area contributed by atoms with Crippen molar-refractivity contribution in [1.29, 1.82) is 0 Å². The summed E-state index contributed by atoms with van der Waals surface area (Å²) in [7, 11) is 0. The zero-order chi connectivity index (χ0) is 25.3. The number of pyridine rings is 1. The molecular weight excluding hydrogens is 477 g/mol. The van der Waals surface area contributed by atoms with E-state index in [1.54, 1.807) is 5.10 Å². The van der Waals surface area contributed by atoms with Gasteiger partial charge in [-0.15, -0.1) is 0 Å². The number of rotatable bonds is 7. The molecule has 2 atom stereocenters. The van der Waals surface area contributed by atoms with E-state index in [0.29, 0.717) is 5.39 Å². The zero-order valence-corrected chi connectivity index (χ0v) is 18.1. The van der Waals surface area contributed by atoms with Gasteiger partial charge < -0.3 is 14.3 Å². The van der Waals surface area contributed by atoms with Crippen molar-refractivity contribution in [2.75, 3.05) is 5.32 Å². The highest BCUT2D eigenvalue weighted by atomic mass is 19.4. The average molecular weight is 495 g/mol. The molecule has 3 heterocycles. The Kier molecular flexibility index (Phi) is 6.41. The largest absolute Gasteiger partial charge is 0.444 e. The number of H-pyrrole nitrogens is 1. The first kappa shape index (κ1) is 24.1. The molecule has 0 amide bonds. The molecule has 184 valence electrons. The average Bonchev–Trinajstić information content (AvgIpc) is 3.29. The molecule has 0 saturated heterocycles. The van der Waals surface area contributed by atoms with E-state index >= 15 is 0 Å². The van der Waals surface area contributed by atoms with Crippen LogP contribution in [0.15, 0.2) is 57.1 Å². The minimum atomic E-state index is -4.94. The molecule has 0 unspecified atom stereocenters. The third-order valence-corrected chi connectivity index (χ3v) is 5.27. The summed E-state index contributed by atoms with van der Waals surface area (Å²) in [6, 6.07) is 3.08. The van der Waals surface area contributed by atoms with Gasteiger partial charge in [0, 0.05) is 18.7 Å². The molecule has 13 heteroatoms. The molecule has 4 rings (SSSR count). The normalized spacial score (nSPS) is 13.7. The van der Waals surface area contributed by atoms with Gasteiger partial charge in [-0.3, -0.25) is 9.59 Å². The first-order chi connectivity index (χ1) is 16.5. The molecule has 0 aliphatic rings. The maximum atomic E-state index is 14.8. The Morgan fingerprint density at radius 1 is 1.26 bits per heavy atom. The molecule has 0 aliphatic heterocycles. The maximum Gasteiger partial charge on any atom is 0.423 e. The van der Waals surface area contributed by atoms with Crippen LogP contribution in [-0.4, -0.2) is 32.0 Å². The molecule has 1 aromatic carbocycles. The second-order valence-corrected chi connectivity index (χ2v) is 7.89. The molecule has 0 saturated carbocycles. The van der Waals surface area contributed by atoms with Gasteiger partial charge in [-0.2, -0.15) is 18.3 Å². The van der Waals surface area contributed by atoms with Crippen LogP contribution >= 0.6 is 0 Å². The van der Waals surface area contributed by atoms with E-state index in [2.05, 4.69) is 15.4 Å². The molecule has 4 aromatic rings. The highest BCUT2D eigenvalue weighted by Crippen LogP contribution is 2.32. The van der Waals surface area contributed by atoms with Crippen molar-refractivity contribution < 1.29 is 26.4 Å². The molecule has 2 N–H and O–H groups in total. The lowest BCUT2D eigenvalue weighted by atomic mass is 10.1. The minimum absolute atomic E-state index is 0.0167. The number of benzene rings is 1. The number of fused-ring (bicyclic) bond motifs is 1. The summed E-state index contributed by atoms with van der Waals surface area (Å²) in [6.45, 7) is 1.01. The van der Waals surface area contributed by atoms with E-state index in [-0.39, 0.29) is 23.3 Å². The summed E-state index contributed by atoms with van der Waals surface area (Å²) in [5.41, 5.74) is -4.04. The molecule has 35 heavy (non-hydrogen) atoms. The van der Waals surface area contributed by atoms with Crippen LogP contribution in [0.5, 0.6) is 0 Å². The SMILES string of the molecule is C[C@H](C[C@@H](F)Cn1ccc2cc(-c3ncco3)c(F)cc2c1=O)Nc1cn[nH]c(=O)c1C(F)(F)F. The summed E-state index contributed by atoms with van der Waals surface area (Å²) in [5, 5.41) is 7.93. The minimum Gasteiger partial charge on any atom is -0.444 e. The van der Waals surface area contributed by atoms with E-state index in [1.807, 2.05) is 0 Å². The first-order valence-electron chi connectivity index (χ1n) is 10.3. The van der Waals surface area contributed by atoms with Crippen LogP contribution in [0.1, 0.15) is 18.9 Å². The smallest absolute Gasteiger partial charge is 0.423 e. The van der Waals surface area contributed by atoms with E-state index in [9.17, 15) is 31.5 Å². The van der Waals surface area contributed by atoms with E-state index < -0.39 is 53.1 Å². The third-order valence-electron chi connectivity index (χ3n) is 5.27. The topological polar surface area (TPSA) is 106 Å². The maximum absolute atomic E-state index is 14.8. The molecule has 0 aliphatic carbocycles. The number of nitrogens with one attached hydrogen (secondary N) is 2. The Labute approximate surface area is 193 Å². The van der Waals surface area contributed by atoms with Crippen molar-refractivity contribution in [3.63, 3.8) is 0 Å². The number of anilines is 1. The quantitative estimate of drug-likeness (QED) is 0.374. The monoisotopic (exact) mass is 495 g/mol. The van der Waals surface area contributed by atoms with E-state index in [1.165, 1.54) is 37.7 Å². The van der Waals surface area contributed by atoms with Crippen molar-refractivity contribution in [3.8, 4) is 11.5 Å². The Morgan fingerprint density at radius 2 is 2.03 bits per heavy atom. The van der Waals surface area contributed by atoms with Crippen LogP contribution < -0.4 is 16.4 Å². The fraction of sp³-hybridized carbons (Fsp3) is 0.273. The van der Waals surface area contributed by atoms with Crippen molar-refractivity contribution in [2.45, 2.75) is 38.3 Å². The molecule has 8 nitrogen and oxygen atoms in total. The molecule has 0 bridgehead atoms. The van der Waals surface area contributed by atoms with Crippen LogP contribution in [0.2, 0.25) is 0 Å². The van der Waals surface area contributed by atoms with Gasteiger partial charge in [0.25, 0.3) is 11.1 Å². The Balaban J connectivity index is 1.50. The highest BCUT2D eigenvalue weighted by Gasteiger charge is 2.37. The van der Waals surface area contributed by atoms with Gasteiger partial charge in [0.2, 0.25) is 5.89 Å². The van der Waals surface area contributed by atoms with Crippen molar-refractivity contribution in [3.05, 3.63) is 75.1 Å². The van der Waals surface area contributed by atoms with Crippen molar-refractivity contribution >= 4 is 16.5 Å². The number of halogens is 5. The Hall–Kier alpha value is -4.03. The number of oxazole rings is 1. The third kappa shape index (κ3) is 5.08. The van der Waals surface area contributed by atoms with Gasteiger partial charge in [-0.05, 0) is 30.5 Å². The zero-order valence-electron chi connectivity index (χ0n) is 18.1. The lowest BCUT2D eigenvalue weighted by Crippen LogP contribution is -2.30. The number of nitrogens with zero attached hydrogens (tertiary/aromatic N) is 3. The van der Waals surface area contributed by atoms with Gasteiger partial charge in [0.15, 0.2) is 0 Å². The lowest BCUT2D eigenvalue weighted by Gasteiger charge is -2.20. The highest BCUT2D eigenvalue weighted by molar-refractivity contribution is 5.85. The summed E-state index contributed by atoms with van der Waals surface area (Å²) in [4.78, 5) is 28.2. The van der Waals surface area contributed by atoms with E-state index in [4.69, 9.17) is 4.42 Å². The number of alkyl halides is 4. The van der Waals surface area contributed by atoms with Gasteiger partial charge in [-0.25, -0.2) is 18.9 Å². The second-order valence-electron chi connectivity index (χ2n) is 7.89. The number of aromatic amines is 1. The van der Waals surface area contributed by atoms with Crippen molar-refractivity contribution in [2.24, 2.45) is 0 Å². The molecule has 0 fully saturated rings. The Bertz CT molecular complexity index is 1460. The molecule has 0 spiro atoms. The number of hydrogen-bond donors (Lipinski definition) is 2. The summed E-state index contributed by atoms with van der Waals surface area (Å²) >= 11 is 0. The number of aromatic nitrogens is 4. The van der Waals surface area contributed by atoms with Gasteiger partial charge in [0.1, 0.15) is 23.8 Å². The fourth-order valence-corrected chi connectivity index (χ4v) is 3.75. The second kappa shape index (κ2) is 9.31. The van der Waals surface area contributed by atoms with Crippen LogP contribution in [0.25, 0.3) is 22.2 Å². The Morgan fingerprint density at radius 3 is 2.71 bits per heavy atom. The predicted molar refractivity (Wildman–Crippen MR) is 116 cm³/mol. The summed E-state index contributed by atoms with van der Waals surface area (Å²) in [6.07, 6.45) is -2.10. The summed E-state index contributed by atoms with van der Waals surface area (Å²) < 4.78 is 75.0. The standard InChI is InChI=1S/C22H18F5N5O3/c1-11(30-17-9-29-31-19(33)18(17)22(25,26)27)6-13(23)10-32-4-2-12-7-15(20-28-3-5-35-20)16(24)8-14(12)21(32)34/h2-5,7-9,11,13H,6,10H2,1H3,(H2,30,31,33)/t11-,13-/m1/s1. The predicted octanol–water partition coefficient (Wildman–Crippen LogP) is 4.13. The van der Waals surface area contributed by atoms with Gasteiger partial charge >= 0.3 is 6.18 Å². The summed E-state index contributed by atoms with van der Waals surface area (Å²) in [5.74, 6) is -0.695. The van der Waals surface area contributed by atoms with Gasteiger partial charge in [0.05, 0.1) is 35.6 Å². The van der Waals surface area contributed by atoms with Gasteiger partial charge in [-0.1, -0.05) is 0 Å². The lowest BCUT2D eigenvalue weighted by molar-refractivity contribution is -0.138. The van der Waals surface area contributed by atoms with Crippen LogP contribution in [0.3, 0.4) is 0 Å². The van der Waals surface area contributed by atoms with Crippen molar-refractivity contribution in [1.82, 2.24) is 19.7 Å². The van der Waals surface area contributed by atoms with E-state index in [0.717, 1.165) is 16.8 Å².